The van der Waals surface area contributed by atoms with Crippen molar-refractivity contribution in [3.05, 3.63) is 30.1 Å². The van der Waals surface area contributed by atoms with Gasteiger partial charge in [0.15, 0.2) is 5.96 Å². The number of carbonyl (C=O) groups is 1. The topological polar surface area (TPSA) is 90.9 Å². The molecule has 8 nitrogen and oxygen atoms in total. The summed E-state index contributed by atoms with van der Waals surface area (Å²) in [6, 6.07) is 6.44. The largest absolute Gasteiger partial charge is 0.444 e. The predicted molar refractivity (Wildman–Crippen MR) is 130 cm³/mol. The number of hydrogen-bond acceptors (Lipinski definition) is 5. The van der Waals surface area contributed by atoms with Crippen LogP contribution in [0.25, 0.3) is 0 Å². The van der Waals surface area contributed by atoms with Crippen molar-refractivity contribution in [1.82, 2.24) is 25.8 Å². The maximum atomic E-state index is 12.4. The van der Waals surface area contributed by atoms with Crippen LogP contribution in [0.2, 0.25) is 0 Å². The summed E-state index contributed by atoms with van der Waals surface area (Å²) in [5.74, 6) is 0.769. The average molecular weight is 447 g/mol. The number of guanidine groups is 1. The van der Waals surface area contributed by atoms with Crippen LogP contribution in [-0.2, 0) is 11.3 Å². The fourth-order valence-corrected chi connectivity index (χ4v) is 3.84. The molecule has 2 heterocycles. The molecule has 1 amide bonds. The molecule has 32 heavy (non-hydrogen) atoms. The number of ether oxygens (including phenoxy) is 1. The quantitative estimate of drug-likeness (QED) is 0.419. The average Bonchev–Trinajstić information content (AvgIpc) is 2.76. The molecule has 0 saturated carbocycles. The van der Waals surface area contributed by atoms with Gasteiger partial charge in [0.2, 0.25) is 0 Å². The molecular formula is C24H42N6O2. The van der Waals surface area contributed by atoms with Gasteiger partial charge in [0.25, 0.3) is 0 Å². The van der Waals surface area contributed by atoms with Crippen LogP contribution in [0.15, 0.2) is 29.4 Å². The van der Waals surface area contributed by atoms with E-state index in [0.717, 1.165) is 57.0 Å². The summed E-state index contributed by atoms with van der Waals surface area (Å²) in [6.07, 6.45) is 5.15. The lowest BCUT2D eigenvalue weighted by atomic mass is 9.93. The summed E-state index contributed by atoms with van der Waals surface area (Å²) in [5.41, 5.74) is 0.198. The van der Waals surface area contributed by atoms with E-state index in [1.54, 1.807) is 7.05 Å². The fraction of sp³-hybridized carbons (Fsp3) is 0.708. The van der Waals surface area contributed by atoms with Crippen molar-refractivity contribution in [2.75, 3.05) is 26.7 Å². The van der Waals surface area contributed by atoms with E-state index in [9.17, 15) is 4.79 Å². The minimum Gasteiger partial charge on any atom is -0.444 e. The number of nitrogens with one attached hydrogen (secondary N) is 3. The number of alkyl carbamates (subject to hydrolysis) is 1. The number of piperidine rings is 1. The van der Waals surface area contributed by atoms with Crippen LogP contribution in [0.4, 0.5) is 4.79 Å². The zero-order chi connectivity index (χ0) is 23.6. The van der Waals surface area contributed by atoms with Crippen molar-refractivity contribution in [3.8, 4) is 0 Å². The molecule has 1 fully saturated rings. The number of carbonyl (C=O) groups excluding carboxylic acids is 1. The first-order chi connectivity index (χ1) is 15.2. The molecule has 0 aliphatic carbocycles. The van der Waals surface area contributed by atoms with Gasteiger partial charge in [0, 0.05) is 45.5 Å². The highest BCUT2D eigenvalue weighted by Gasteiger charge is 2.31. The summed E-state index contributed by atoms with van der Waals surface area (Å²) >= 11 is 0. The Hall–Kier alpha value is -2.35. The number of aromatic nitrogens is 1. The first kappa shape index (κ1) is 25.9. The van der Waals surface area contributed by atoms with E-state index in [-0.39, 0.29) is 6.09 Å². The minimum atomic E-state index is -0.520. The van der Waals surface area contributed by atoms with Gasteiger partial charge < -0.3 is 20.7 Å². The number of aliphatic imine (C=N–C) groups is 1. The van der Waals surface area contributed by atoms with Crippen LogP contribution in [-0.4, -0.2) is 65.8 Å². The molecule has 0 unspecified atom stereocenters. The van der Waals surface area contributed by atoms with Gasteiger partial charge in [-0.1, -0.05) is 19.9 Å². The summed E-state index contributed by atoms with van der Waals surface area (Å²) in [6.45, 7) is 13.3. The number of pyridine rings is 1. The number of amides is 1. The van der Waals surface area contributed by atoms with Gasteiger partial charge in [0.05, 0.1) is 11.2 Å². The van der Waals surface area contributed by atoms with Crippen LogP contribution in [0.1, 0.15) is 66.0 Å². The van der Waals surface area contributed by atoms with Crippen molar-refractivity contribution in [2.45, 2.75) is 84.0 Å². The summed E-state index contributed by atoms with van der Waals surface area (Å²) in [5, 5.41) is 10.1. The van der Waals surface area contributed by atoms with Gasteiger partial charge in [-0.15, -0.1) is 0 Å². The van der Waals surface area contributed by atoms with E-state index in [1.165, 1.54) is 0 Å². The highest BCUT2D eigenvalue weighted by atomic mass is 16.6. The third-order valence-electron chi connectivity index (χ3n) is 5.98. The summed E-state index contributed by atoms with van der Waals surface area (Å²) < 4.78 is 5.47. The molecule has 1 aromatic heterocycles. The molecule has 0 atom stereocenters. The maximum absolute atomic E-state index is 12.4. The van der Waals surface area contributed by atoms with Crippen LogP contribution in [0.5, 0.6) is 0 Å². The molecule has 8 heteroatoms. The number of rotatable bonds is 8. The zero-order valence-electron chi connectivity index (χ0n) is 20.7. The van der Waals surface area contributed by atoms with Crippen LogP contribution < -0.4 is 16.0 Å². The Kier molecular flexibility index (Phi) is 9.75. The van der Waals surface area contributed by atoms with E-state index >= 15 is 0 Å². The van der Waals surface area contributed by atoms with Gasteiger partial charge in [-0.25, -0.2) is 4.79 Å². The van der Waals surface area contributed by atoms with E-state index < -0.39 is 11.1 Å². The molecule has 1 saturated heterocycles. The summed E-state index contributed by atoms with van der Waals surface area (Å²) in [7, 11) is 1.78. The van der Waals surface area contributed by atoms with Crippen molar-refractivity contribution in [1.29, 1.82) is 0 Å². The predicted octanol–water partition coefficient (Wildman–Crippen LogP) is 3.29. The van der Waals surface area contributed by atoms with E-state index in [2.05, 4.69) is 50.7 Å². The van der Waals surface area contributed by atoms with Gasteiger partial charge in [0.1, 0.15) is 5.60 Å². The minimum absolute atomic E-state index is 0.373. The lowest BCUT2D eigenvalue weighted by molar-refractivity contribution is 0.0448. The third kappa shape index (κ3) is 8.65. The molecule has 0 bridgehead atoms. The Morgan fingerprint density at radius 1 is 1.22 bits per heavy atom. The molecular weight excluding hydrogens is 404 g/mol. The molecule has 1 aliphatic heterocycles. The number of hydrogen-bond donors (Lipinski definition) is 3. The molecule has 2 rings (SSSR count). The standard InChI is InChI=1S/C24H42N6O2/c1-7-24(8-2,29-22(31)32-23(3,4)5)18-27-21(25-6)28-19-12-15-30(16-13-19)17-20-11-9-10-14-26-20/h9-11,14,19H,7-8,12-13,15-18H2,1-6H3,(H,29,31)(H2,25,27,28). The molecule has 3 N–H and O–H groups in total. The van der Waals surface area contributed by atoms with Gasteiger partial charge in [-0.2, -0.15) is 0 Å². The van der Waals surface area contributed by atoms with Gasteiger partial charge >= 0.3 is 6.09 Å². The Morgan fingerprint density at radius 3 is 2.44 bits per heavy atom. The Morgan fingerprint density at radius 2 is 1.91 bits per heavy atom. The third-order valence-corrected chi connectivity index (χ3v) is 5.98. The molecule has 1 aliphatic rings. The van der Waals surface area contributed by atoms with E-state index in [1.807, 2.05) is 39.1 Å². The van der Waals surface area contributed by atoms with Crippen LogP contribution in [0, 0.1) is 0 Å². The van der Waals surface area contributed by atoms with Crippen molar-refractivity contribution in [2.24, 2.45) is 4.99 Å². The monoisotopic (exact) mass is 446 g/mol. The Balaban J connectivity index is 1.82. The molecule has 180 valence electrons. The SMILES string of the molecule is CCC(CC)(CNC(=NC)NC1CCN(Cc2ccccn2)CC1)NC(=O)OC(C)(C)C. The fourth-order valence-electron chi connectivity index (χ4n) is 3.84. The number of nitrogens with zero attached hydrogens (tertiary/aromatic N) is 3. The van der Waals surface area contributed by atoms with E-state index in [4.69, 9.17) is 4.74 Å². The molecule has 0 radical (unpaired) electrons. The lowest BCUT2D eigenvalue weighted by Crippen LogP contribution is -2.58. The Bertz CT molecular complexity index is 720. The lowest BCUT2D eigenvalue weighted by Gasteiger charge is -2.36. The second-order valence-electron chi connectivity index (χ2n) is 9.56. The van der Waals surface area contributed by atoms with Crippen molar-refractivity contribution in [3.63, 3.8) is 0 Å². The molecule has 0 spiro atoms. The van der Waals surface area contributed by atoms with Gasteiger partial charge in [-0.05, 0) is 58.6 Å². The second-order valence-corrected chi connectivity index (χ2v) is 9.56. The first-order valence-corrected chi connectivity index (χ1v) is 11.8. The maximum Gasteiger partial charge on any atom is 0.408 e. The molecule has 1 aromatic rings. The first-order valence-electron chi connectivity index (χ1n) is 11.8. The second kappa shape index (κ2) is 12.0. The molecule has 0 aromatic carbocycles. The van der Waals surface area contributed by atoms with E-state index in [0.29, 0.717) is 12.6 Å². The highest BCUT2D eigenvalue weighted by Crippen LogP contribution is 2.17. The van der Waals surface area contributed by atoms with Crippen molar-refractivity contribution >= 4 is 12.1 Å². The van der Waals surface area contributed by atoms with Crippen LogP contribution in [0.3, 0.4) is 0 Å². The van der Waals surface area contributed by atoms with Crippen molar-refractivity contribution < 1.29 is 9.53 Å². The zero-order valence-corrected chi connectivity index (χ0v) is 20.7. The summed E-state index contributed by atoms with van der Waals surface area (Å²) in [4.78, 5) is 23.7. The smallest absolute Gasteiger partial charge is 0.408 e. The normalized spacial score (nSPS) is 16.5. The Labute approximate surface area is 193 Å². The van der Waals surface area contributed by atoms with Crippen LogP contribution >= 0.6 is 0 Å². The number of likely N-dealkylation sites (tertiary alicyclic amines) is 1. The van der Waals surface area contributed by atoms with Gasteiger partial charge in [-0.3, -0.25) is 14.9 Å². The highest BCUT2D eigenvalue weighted by molar-refractivity contribution is 5.80.